The van der Waals surface area contributed by atoms with Gasteiger partial charge < -0.3 is 5.32 Å². The molecule has 0 spiro atoms. The first-order valence-electron chi connectivity index (χ1n) is 3.71. The van der Waals surface area contributed by atoms with E-state index in [9.17, 15) is 4.79 Å². The minimum Gasteiger partial charge on any atom is -0.354 e. The van der Waals surface area contributed by atoms with Crippen LogP contribution in [0.4, 0.5) is 0 Å². The summed E-state index contributed by atoms with van der Waals surface area (Å²) in [6, 6.07) is 6.57. The summed E-state index contributed by atoms with van der Waals surface area (Å²) in [5.74, 6) is -0.401. The molecule has 0 bridgehead atoms. The maximum Gasteiger partial charge on any atom is 0.269 e. The number of rotatable bonds is 2. The Kier molecular flexibility index (Phi) is 3.03. The molecule has 13 heavy (non-hydrogen) atoms. The Morgan fingerprint density at radius 3 is 2.38 bits per heavy atom. The van der Waals surface area contributed by atoms with Crippen LogP contribution in [0.3, 0.4) is 0 Å². The van der Waals surface area contributed by atoms with Crippen molar-refractivity contribution in [1.82, 2.24) is 5.32 Å². The van der Waals surface area contributed by atoms with Crippen molar-refractivity contribution in [3.8, 4) is 0 Å². The van der Waals surface area contributed by atoms with Crippen molar-refractivity contribution in [2.45, 2.75) is 0 Å². The molecule has 4 heteroatoms. The molecule has 1 rings (SSSR count). The van der Waals surface area contributed by atoms with E-state index in [0.717, 1.165) is 0 Å². The maximum absolute atomic E-state index is 11.0. The van der Waals surface area contributed by atoms with Crippen LogP contribution in [-0.2, 0) is 4.79 Å². The first-order valence-corrected chi connectivity index (χ1v) is 4.09. The Labute approximate surface area is 81.2 Å². The lowest BCUT2D eigenvalue weighted by Gasteiger charge is -2.01. The first kappa shape index (κ1) is 9.74. The van der Waals surface area contributed by atoms with E-state index in [2.05, 4.69) is 5.32 Å². The van der Waals surface area contributed by atoms with Crippen LogP contribution in [0.1, 0.15) is 5.56 Å². The topological polar surface area (TPSA) is 53.0 Å². The number of carbonyl (C=O) groups excluding carboxylic acids is 1. The summed E-state index contributed by atoms with van der Waals surface area (Å²) < 4.78 is 0. The summed E-state index contributed by atoms with van der Waals surface area (Å²) in [5.41, 5.74) is 0.503. The Hall–Kier alpha value is -1.35. The summed E-state index contributed by atoms with van der Waals surface area (Å²) in [5, 5.41) is 10.4. The average Bonchev–Trinajstić information content (AvgIpc) is 2.17. The van der Waals surface area contributed by atoms with Crippen molar-refractivity contribution in [2.75, 3.05) is 7.05 Å². The second-order valence-corrected chi connectivity index (χ2v) is 2.90. The van der Waals surface area contributed by atoms with Crippen molar-refractivity contribution >= 4 is 23.2 Å². The molecule has 0 atom stereocenters. The number of nitrogens with one attached hydrogen (secondary N) is 2. The van der Waals surface area contributed by atoms with E-state index >= 15 is 0 Å². The highest BCUT2D eigenvalue weighted by Gasteiger charge is 2.08. The van der Waals surface area contributed by atoms with E-state index in [0.29, 0.717) is 10.6 Å². The van der Waals surface area contributed by atoms with Crippen molar-refractivity contribution in [3.05, 3.63) is 34.9 Å². The highest BCUT2D eigenvalue weighted by molar-refractivity contribution is 6.44. The zero-order valence-electron chi connectivity index (χ0n) is 7.10. The number of amides is 1. The number of benzene rings is 1. The molecular formula is C9H9ClN2O. The van der Waals surface area contributed by atoms with Crippen molar-refractivity contribution in [3.63, 3.8) is 0 Å². The fourth-order valence-electron chi connectivity index (χ4n) is 0.873. The molecule has 3 nitrogen and oxygen atoms in total. The molecule has 2 N–H and O–H groups in total. The van der Waals surface area contributed by atoms with Crippen molar-refractivity contribution in [2.24, 2.45) is 0 Å². The van der Waals surface area contributed by atoms with Gasteiger partial charge in [-0.05, 0) is 12.1 Å². The molecule has 0 aliphatic heterocycles. The zero-order chi connectivity index (χ0) is 9.84. The van der Waals surface area contributed by atoms with Gasteiger partial charge in [0.15, 0.2) is 0 Å². The first-order chi connectivity index (χ1) is 6.15. The van der Waals surface area contributed by atoms with Crippen LogP contribution in [0.25, 0.3) is 0 Å². The standard InChI is InChI=1S/C9H9ClN2O/c1-12-9(13)8(11)6-2-4-7(10)5-3-6/h2-5,11H,1H3,(H,12,13). The van der Waals surface area contributed by atoms with Crippen LogP contribution in [-0.4, -0.2) is 18.7 Å². The fraction of sp³-hybridized carbons (Fsp3) is 0.111. The fourth-order valence-corrected chi connectivity index (χ4v) is 0.999. The number of carbonyl (C=O) groups is 1. The van der Waals surface area contributed by atoms with E-state index in [-0.39, 0.29) is 5.71 Å². The molecular weight excluding hydrogens is 188 g/mol. The molecule has 1 aromatic carbocycles. The quantitative estimate of drug-likeness (QED) is 0.692. The van der Waals surface area contributed by atoms with Gasteiger partial charge in [-0.25, -0.2) is 0 Å². The number of likely N-dealkylation sites (N-methyl/N-ethyl adjacent to an activating group) is 1. The minimum atomic E-state index is -0.401. The van der Waals surface area contributed by atoms with Gasteiger partial charge in [0, 0.05) is 17.6 Å². The SMILES string of the molecule is CNC(=O)C(=N)c1ccc(Cl)cc1. The number of hydrogen-bond donors (Lipinski definition) is 2. The molecule has 0 unspecified atom stereocenters. The van der Waals surface area contributed by atoms with Gasteiger partial charge in [0.05, 0.1) is 0 Å². The van der Waals surface area contributed by atoms with Gasteiger partial charge >= 0.3 is 0 Å². The monoisotopic (exact) mass is 196 g/mol. The Balaban J connectivity index is 2.90. The van der Waals surface area contributed by atoms with Gasteiger partial charge in [-0.3, -0.25) is 10.2 Å². The molecule has 0 aliphatic carbocycles. The smallest absolute Gasteiger partial charge is 0.269 e. The van der Waals surface area contributed by atoms with Gasteiger partial charge in [0.2, 0.25) is 0 Å². The summed E-state index contributed by atoms with van der Waals surface area (Å²) in [6.45, 7) is 0. The molecule has 68 valence electrons. The molecule has 0 saturated carbocycles. The van der Waals surface area contributed by atoms with E-state index in [1.54, 1.807) is 24.3 Å². The molecule has 0 heterocycles. The van der Waals surface area contributed by atoms with Crippen molar-refractivity contribution < 1.29 is 4.79 Å². The van der Waals surface area contributed by atoms with E-state index < -0.39 is 5.91 Å². The van der Waals surface area contributed by atoms with Gasteiger partial charge in [0.1, 0.15) is 5.71 Å². The average molecular weight is 197 g/mol. The van der Waals surface area contributed by atoms with Crippen molar-refractivity contribution in [1.29, 1.82) is 5.41 Å². The van der Waals surface area contributed by atoms with E-state index in [4.69, 9.17) is 17.0 Å². The number of hydrogen-bond acceptors (Lipinski definition) is 2. The predicted octanol–water partition coefficient (Wildman–Crippen LogP) is 1.45. The summed E-state index contributed by atoms with van der Waals surface area (Å²) in [6.07, 6.45) is 0. The predicted molar refractivity (Wildman–Crippen MR) is 52.3 cm³/mol. The second kappa shape index (κ2) is 4.05. The normalized spacial score (nSPS) is 9.38. The summed E-state index contributed by atoms with van der Waals surface area (Å²) >= 11 is 5.66. The Morgan fingerprint density at radius 2 is 1.92 bits per heavy atom. The highest BCUT2D eigenvalue weighted by Crippen LogP contribution is 2.09. The van der Waals surface area contributed by atoms with Crippen LogP contribution in [0.2, 0.25) is 5.02 Å². The molecule has 0 radical (unpaired) electrons. The molecule has 1 amide bonds. The van der Waals surface area contributed by atoms with Gasteiger partial charge in [-0.15, -0.1) is 0 Å². The van der Waals surface area contributed by atoms with Gasteiger partial charge in [-0.2, -0.15) is 0 Å². The highest BCUT2D eigenvalue weighted by atomic mass is 35.5. The van der Waals surface area contributed by atoms with Gasteiger partial charge in [0.25, 0.3) is 5.91 Å². The van der Waals surface area contributed by atoms with E-state index in [1.165, 1.54) is 7.05 Å². The largest absolute Gasteiger partial charge is 0.354 e. The lowest BCUT2D eigenvalue weighted by atomic mass is 10.1. The molecule has 0 fully saturated rings. The second-order valence-electron chi connectivity index (χ2n) is 2.46. The third-order valence-electron chi connectivity index (χ3n) is 1.59. The molecule has 0 saturated heterocycles. The van der Waals surface area contributed by atoms with Crippen LogP contribution >= 0.6 is 11.6 Å². The number of halogens is 1. The third-order valence-corrected chi connectivity index (χ3v) is 1.84. The maximum atomic E-state index is 11.0. The van der Waals surface area contributed by atoms with Crippen LogP contribution in [0.15, 0.2) is 24.3 Å². The minimum absolute atomic E-state index is 0.0563. The third kappa shape index (κ3) is 2.29. The molecule has 0 aliphatic rings. The van der Waals surface area contributed by atoms with E-state index in [1.807, 2.05) is 0 Å². The van der Waals surface area contributed by atoms with Crippen LogP contribution in [0, 0.1) is 5.41 Å². The van der Waals surface area contributed by atoms with Gasteiger partial charge in [-0.1, -0.05) is 23.7 Å². The van der Waals surface area contributed by atoms with Crippen LogP contribution < -0.4 is 5.32 Å². The lowest BCUT2D eigenvalue weighted by molar-refractivity contribution is -0.114. The Morgan fingerprint density at radius 1 is 1.38 bits per heavy atom. The summed E-state index contributed by atoms with van der Waals surface area (Å²) in [7, 11) is 1.49. The Bertz CT molecular complexity index is 332. The van der Waals surface area contributed by atoms with Crippen LogP contribution in [0.5, 0.6) is 0 Å². The lowest BCUT2D eigenvalue weighted by Crippen LogP contribution is -2.27. The summed E-state index contributed by atoms with van der Waals surface area (Å²) in [4.78, 5) is 11.0. The molecule has 1 aromatic rings. The zero-order valence-corrected chi connectivity index (χ0v) is 7.85. The molecule has 0 aromatic heterocycles.